The molecule has 16 heavy (non-hydrogen) atoms. The molecule has 0 atom stereocenters. The molecule has 0 aliphatic heterocycles. The number of benzene rings is 1. The van der Waals surface area contributed by atoms with Crippen LogP contribution < -0.4 is 0 Å². The molecule has 0 unspecified atom stereocenters. The maximum absolute atomic E-state index is 11.9. The van der Waals surface area contributed by atoms with Gasteiger partial charge in [-0.25, -0.2) is 0 Å². The van der Waals surface area contributed by atoms with E-state index in [1.165, 1.54) is 6.07 Å². The van der Waals surface area contributed by atoms with Gasteiger partial charge in [0.25, 0.3) is 0 Å². The first-order valence-electron chi connectivity index (χ1n) is 5.26. The topological polar surface area (TPSA) is 55.8 Å². The van der Waals surface area contributed by atoms with Crippen LogP contribution in [0.15, 0.2) is 24.3 Å². The van der Waals surface area contributed by atoms with Crippen LogP contribution in [0.2, 0.25) is 0 Å². The number of hydrogen-bond acceptors (Lipinski definition) is 4. The van der Waals surface area contributed by atoms with Crippen molar-refractivity contribution < 1.29 is 19.4 Å². The molecule has 0 spiro atoms. The van der Waals surface area contributed by atoms with E-state index in [1.54, 1.807) is 32.0 Å². The number of ketones is 1. The van der Waals surface area contributed by atoms with Crippen molar-refractivity contribution in [1.82, 2.24) is 0 Å². The van der Waals surface area contributed by atoms with Gasteiger partial charge in [0.1, 0.15) is 5.75 Å². The second kappa shape index (κ2) is 6.25. The van der Waals surface area contributed by atoms with Gasteiger partial charge in [0.2, 0.25) is 12.1 Å². The Morgan fingerprint density at radius 1 is 1.25 bits per heavy atom. The largest absolute Gasteiger partial charge is 0.507 e. The number of para-hydroxylation sites is 1. The van der Waals surface area contributed by atoms with E-state index < -0.39 is 6.29 Å². The third-order valence-corrected chi connectivity index (χ3v) is 2.02. The lowest BCUT2D eigenvalue weighted by molar-refractivity contribution is -0.107. The first kappa shape index (κ1) is 12.7. The lowest BCUT2D eigenvalue weighted by atomic mass is 10.1. The molecule has 0 saturated carbocycles. The lowest BCUT2D eigenvalue weighted by Crippen LogP contribution is -2.27. The first-order valence-corrected chi connectivity index (χ1v) is 5.26. The van der Waals surface area contributed by atoms with Crippen molar-refractivity contribution in [2.24, 2.45) is 0 Å². The van der Waals surface area contributed by atoms with Gasteiger partial charge in [-0.2, -0.15) is 0 Å². The van der Waals surface area contributed by atoms with Crippen LogP contribution in [-0.2, 0) is 9.47 Å². The van der Waals surface area contributed by atoms with Crippen LogP contribution in [-0.4, -0.2) is 30.4 Å². The Hall–Kier alpha value is -1.39. The minimum atomic E-state index is -0.941. The Morgan fingerprint density at radius 3 is 2.31 bits per heavy atom. The Morgan fingerprint density at radius 2 is 1.81 bits per heavy atom. The monoisotopic (exact) mass is 224 g/mol. The quantitative estimate of drug-likeness (QED) is 0.593. The molecule has 0 aliphatic carbocycles. The van der Waals surface area contributed by atoms with Crippen molar-refractivity contribution in [3.8, 4) is 5.75 Å². The molecule has 4 heteroatoms. The number of phenolic OH excluding ortho intramolecular Hbond substituents is 1. The predicted octanol–water partition coefficient (Wildman–Crippen LogP) is 1.97. The van der Waals surface area contributed by atoms with Gasteiger partial charge in [-0.15, -0.1) is 0 Å². The summed E-state index contributed by atoms with van der Waals surface area (Å²) in [5.41, 5.74) is 0.217. The molecule has 88 valence electrons. The average molecular weight is 224 g/mol. The smallest absolute Gasteiger partial charge is 0.222 e. The van der Waals surface area contributed by atoms with Gasteiger partial charge in [0.05, 0.1) is 5.56 Å². The van der Waals surface area contributed by atoms with Gasteiger partial charge in [0, 0.05) is 13.2 Å². The van der Waals surface area contributed by atoms with E-state index in [1.807, 2.05) is 0 Å². The van der Waals surface area contributed by atoms with Gasteiger partial charge < -0.3 is 14.6 Å². The number of aromatic hydroxyl groups is 1. The molecule has 1 N–H and O–H groups in total. The van der Waals surface area contributed by atoms with E-state index in [-0.39, 0.29) is 17.1 Å². The number of Topliss-reactive ketones (excluding diaryl/α,β-unsaturated/α-hetero) is 1. The van der Waals surface area contributed by atoms with Crippen molar-refractivity contribution in [3.63, 3.8) is 0 Å². The third kappa shape index (κ3) is 3.05. The van der Waals surface area contributed by atoms with Gasteiger partial charge in [-0.3, -0.25) is 4.79 Å². The fourth-order valence-electron chi connectivity index (χ4n) is 1.31. The van der Waals surface area contributed by atoms with Crippen molar-refractivity contribution in [2.75, 3.05) is 13.2 Å². The first-order chi connectivity index (χ1) is 7.70. The fraction of sp³-hybridized carbons (Fsp3) is 0.417. The van der Waals surface area contributed by atoms with E-state index in [2.05, 4.69) is 0 Å². The number of ether oxygens (including phenoxy) is 2. The molecule has 1 rings (SSSR count). The Kier molecular flexibility index (Phi) is 4.95. The normalized spacial score (nSPS) is 10.7. The van der Waals surface area contributed by atoms with E-state index in [0.717, 1.165) is 0 Å². The molecular weight excluding hydrogens is 208 g/mol. The summed E-state index contributed by atoms with van der Waals surface area (Å²) in [4.78, 5) is 11.9. The van der Waals surface area contributed by atoms with Crippen molar-refractivity contribution in [3.05, 3.63) is 29.8 Å². The molecule has 4 nitrogen and oxygen atoms in total. The zero-order chi connectivity index (χ0) is 12.0. The molecule has 0 heterocycles. The third-order valence-electron chi connectivity index (χ3n) is 2.02. The van der Waals surface area contributed by atoms with Crippen molar-refractivity contribution in [2.45, 2.75) is 20.1 Å². The van der Waals surface area contributed by atoms with Gasteiger partial charge in [0.15, 0.2) is 0 Å². The van der Waals surface area contributed by atoms with Crippen LogP contribution in [0, 0.1) is 0 Å². The lowest BCUT2D eigenvalue weighted by Gasteiger charge is -2.15. The second-order valence-electron chi connectivity index (χ2n) is 3.12. The summed E-state index contributed by atoms with van der Waals surface area (Å²) >= 11 is 0. The summed E-state index contributed by atoms with van der Waals surface area (Å²) in [6.45, 7) is 4.32. The molecular formula is C12H16O4. The molecule has 1 aromatic carbocycles. The molecule has 0 aromatic heterocycles. The summed E-state index contributed by atoms with van der Waals surface area (Å²) in [6.07, 6.45) is -0.941. The van der Waals surface area contributed by atoms with Crippen molar-refractivity contribution in [1.29, 1.82) is 0 Å². The Balaban J connectivity index is 2.85. The van der Waals surface area contributed by atoms with Gasteiger partial charge in [-0.1, -0.05) is 12.1 Å². The summed E-state index contributed by atoms with van der Waals surface area (Å²) in [6, 6.07) is 6.34. The van der Waals surface area contributed by atoms with Crippen LogP contribution in [0.4, 0.5) is 0 Å². The van der Waals surface area contributed by atoms with E-state index >= 15 is 0 Å². The standard InChI is InChI=1S/C12H16O4/c1-3-15-12(16-4-2)11(14)9-7-5-6-8-10(9)13/h5-8,12-13H,3-4H2,1-2H3. The minimum absolute atomic E-state index is 0.0584. The molecule has 0 fully saturated rings. The predicted molar refractivity (Wildman–Crippen MR) is 59.5 cm³/mol. The van der Waals surface area contributed by atoms with Gasteiger partial charge in [-0.05, 0) is 26.0 Å². The molecule has 0 saturated heterocycles. The Bertz CT molecular complexity index is 343. The minimum Gasteiger partial charge on any atom is -0.507 e. The zero-order valence-electron chi connectivity index (χ0n) is 9.47. The Labute approximate surface area is 94.8 Å². The summed E-state index contributed by atoms with van der Waals surface area (Å²) < 4.78 is 10.3. The molecule has 0 amide bonds. The zero-order valence-corrected chi connectivity index (χ0v) is 9.47. The molecule has 0 bridgehead atoms. The summed E-state index contributed by atoms with van der Waals surface area (Å²) in [5.74, 6) is -0.418. The van der Waals surface area contributed by atoms with Crippen LogP contribution in [0.1, 0.15) is 24.2 Å². The summed E-state index contributed by atoms with van der Waals surface area (Å²) in [7, 11) is 0. The second-order valence-corrected chi connectivity index (χ2v) is 3.12. The highest BCUT2D eigenvalue weighted by atomic mass is 16.7. The molecule has 0 radical (unpaired) electrons. The maximum atomic E-state index is 11.9. The SMILES string of the molecule is CCOC(OCC)C(=O)c1ccccc1O. The number of carbonyl (C=O) groups excluding carboxylic acids is 1. The highest BCUT2D eigenvalue weighted by Gasteiger charge is 2.22. The number of phenols is 1. The van der Waals surface area contributed by atoms with E-state index in [9.17, 15) is 9.90 Å². The van der Waals surface area contributed by atoms with E-state index in [0.29, 0.717) is 13.2 Å². The summed E-state index contributed by atoms with van der Waals surface area (Å²) in [5, 5.41) is 9.53. The van der Waals surface area contributed by atoms with Crippen LogP contribution in [0.3, 0.4) is 0 Å². The van der Waals surface area contributed by atoms with Crippen molar-refractivity contribution >= 4 is 5.78 Å². The highest BCUT2D eigenvalue weighted by molar-refractivity contribution is 6.00. The number of rotatable bonds is 6. The molecule has 1 aromatic rings. The van der Waals surface area contributed by atoms with Crippen LogP contribution >= 0.6 is 0 Å². The maximum Gasteiger partial charge on any atom is 0.222 e. The number of carbonyl (C=O) groups is 1. The number of hydrogen-bond donors (Lipinski definition) is 1. The van der Waals surface area contributed by atoms with Gasteiger partial charge >= 0.3 is 0 Å². The van der Waals surface area contributed by atoms with Crippen LogP contribution in [0.5, 0.6) is 5.75 Å². The van der Waals surface area contributed by atoms with E-state index in [4.69, 9.17) is 9.47 Å². The average Bonchev–Trinajstić information content (AvgIpc) is 2.28. The fourth-order valence-corrected chi connectivity index (χ4v) is 1.31. The molecule has 0 aliphatic rings. The highest BCUT2D eigenvalue weighted by Crippen LogP contribution is 2.18. The van der Waals surface area contributed by atoms with Crippen LogP contribution in [0.25, 0.3) is 0 Å².